The molecular formula is C13H12N2. The molecule has 0 saturated heterocycles. The zero-order chi connectivity index (χ0) is 10.7. The van der Waals surface area contributed by atoms with Gasteiger partial charge in [-0.2, -0.15) is 5.26 Å². The first-order chi connectivity index (χ1) is 7.31. The molecule has 2 heteroatoms. The third-order valence-corrected chi connectivity index (χ3v) is 2.43. The zero-order valence-corrected chi connectivity index (χ0v) is 8.64. The highest BCUT2D eigenvalue weighted by Gasteiger charge is 1.96. The Morgan fingerprint density at radius 3 is 3.07 bits per heavy atom. The Balaban J connectivity index is 2.36. The lowest BCUT2D eigenvalue weighted by Crippen LogP contribution is -1.83. The summed E-state index contributed by atoms with van der Waals surface area (Å²) in [6.07, 6.45) is 6.38. The average Bonchev–Trinajstić information content (AvgIpc) is 2.61. The van der Waals surface area contributed by atoms with E-state index in [1.165, 1.54) is 10.9 Å². The molecule has 2 nitrogen and oxygen atoms in total. The van der Waals surface area contributed by atoms with Crippen molar-refractivity contribution in [3.63, 3.8) is 0 Å². The van der Waals surface area contributed by atoms with E-state index in [2.05, 4.69) is 34.9 Å². The molecule has 0 aliphatic heterocycles. The van der Waals surface area contributed by atoms with Crippen LogP contribution in [0.2, 0.25) is 0 Å². The second-order valence-corrected chi connectivity index (χ2v) is 3.51. The molecule has 0 amide bonds. The van der Waals surface area contributed by atoms with E-state index >= 15 is 0 Å². The number of nitriles is 1. The summed E-state index contributed by atoms with van der Waals surface area (Å²) in [5.41, 5.74) is 2.37. The summed E-state index contributed by atoms with van der Waals surface area (Å²) in [5, 5.41) is 9.65. The van der Waals surface area contributed by atoms with Gasteiger partial charge in [-0.15, -0.1) is 0 Å². The van der Waals surface area contributed by atoms with Crippen LogP contribution in [0.4, 0.5) is 0 Å². The van der Waals surface area contributed by atoms with Gasteiger partial charge in [0.1, 0.15) is 0 Å². The van der Waals surface area contributed by atoms with Crippen LogP contribution in [0.3, 0.4) is 0 Å². The van der Waals surface area contributed by atoms with Crippen molar-refractivity contribution in [2.75, 3.05) is 0 Å². The number of hydrogen-bond donors (Lipinski definition) is 0. The van der Waals surface area contributed by atoms with Crippen LogP contribution in [-0.4, -0.2) is 4.57 Å². The number of benzene rings is 1. The topological polar surface area (TPSA) is 28.7 Å². The van der Waals surface area contributed by atoms with Gasteiger partial charge in [0, 0.05) is 24.1 Å². The van der Waals surface area contributed by atoms with Crippen molar-refractivity contribution in [3.05, 3.63) is 42.1 Å². The largest absolute Gasteiger partial charge is 0.351 e. The third-order valence-electron chi connectivity index (χ3n) is 2.43. The molecule has 0 radical (unpaired) electrons. The maximum atomic E-state index is 8.41. The fourth-order valence-corrected chi connectivity index (χ4v) is 1.65. The zero-order valence-electron chi connectivity index (χ0n) is 8.64. The first-order valence-corrected chi connectivity index (χ1v) is 4.90. The lowest BCUT2D eigenvalue weighted by molar-refractivity contribution is 0.969. The highest BCUT2D eigenvalue weighted by Crippen LogP contribution is 2.17. The van der Waals surface area contributed by atoms with E-state index in [0.717, 1.165) is 5.56 Å². The van der Waals surface area contributed by atoms with E-state index in [4.69, 9.17) is 5.26 Å². The number of rotatable bonds is 2. The van der Waals surface area contributed by atoms with E-state index in [1.54, 1.807) is 0 Å². The van der Waals surface area contributed by atoms with Crippen LogP contribution in [-0.2, 0) is 7.05 Å². The lowest BCUT2D eigenvalue weighted by atomic mass is 10.1. The quantitative estimate of drug-likeness (QED) is 0.725. The number of nitrogens with zero attached hydrogens (tertiary/aromatic N) is 2. The molecule has 0 saturated carbocycles. The molecule has 1 aromatic carbocycles. The second kappa shape index (κ2) is 4.02. The summed E-state index contributed by atoms with van der Waals surface area (Å²) in [6, 6.07) is 10.5. The number of aryl methyl sites for hydroxylation is 1. The molecule has 1 heterocycles. The molecule has 74 valence electrons. The van der Waals surface area contributed by atoms with Crippen LogP contribution in [0.25, 0.3) is 17.0 Å². The SMILES string of the molecule is Cn1ccc2cc(C=CCC#N)ccc21. The van der Waals surface area contributed by atoms with Crippen molar-refractivity contribution in [2.45, 2.75) is 6.42 Å². The van der Waals surface area contributed by atoms with Crippen molar-refractivity contribution in [2.24, 2.45) is 7.05 Å². The van der Waals surface area contributed by atoms with Crippen molar-refractivity contribution >= 4 is 17.0 Å². The van der Waals surface area contributed by atoms with E-state index in [1.807, 2.05) is 25.4 Å². The highest BCUT2D eigenvalue weighted by atomic mass is 14.9. The van der Waals surface area contributed by atoms with Gasteiger partial charge in [-0.1, -0.05) is 18.2 Å². The van der Waals surface area contributed by atoms with E-state index in [9.17, 15) is 0 Å². The summed E-state index contributed by atoms with van der Waals surface area (Å²) in [6.45, 7) is 0. The Hall–Kier alpha value is -2.01. The van der Waals surface area contributed by atoms with Gasteiger partial charge in [0.25, 0.3) is 0 Å². The Labute approximate surface area is 89.1 Å². The summed E-state index contributed by atoms with van der Waals surface area (Å²) < 4.78 is 2.10. The second-order valence-electron chi connectivity index (χ2n) is 3.51. The number of aromatic nitrogens is 1. The van der Waals surface area contributed by atoms with Crippen LogP contribution in [0.1, 0.15) is 12.0 Å². The summed E-state index contributed by atoms with van der Waals surface area (Å²) >= 11 is 0. The van der Waals surface area contributed by atoms with Gasteiger partial charge in [-0.25, -0.2) is 0 Å². The Bertz CT molecular complexity index is 541. The van der Waals surface area contributed by atoms with Gasteiger partial charge in [0.15, 0.2) is 0 Å². The Morgan fingerprint density at radius 1 is 1.40 bits per heavy atom. The van der Waals surface area contributed by atoms with Crippen LogP contribution in [0.15, 0.2) is 36.5 Å². The van der Waals surface area contributed by atoms with Gasteiger partial charge in [-0.3, -0.25) is 0 Å². The molecule has 0 atom stereocenters. The fourth-order valence-electron chi connectivity index (χ4n) is 1.65. The molecule has 0 fully saturated rings. The maximum Gasteiger partial charge on any atom is 0.0663 e. The lowest BCUT2D eigenvalue weighted by Gasteiger charge is -1.97. The average molecular weight is 196 g/mol. The normalized spacial score (nSPS) is 10.9. The molecule has 0 unspecified atom stereocenters. The van der Waals surface area contributed by atoms with Gasteiger partial charge < -0.3 is 4.57 Å². The molecule has 0 spiro atoms. The first kappa shape index (κ1) is 9.54. The predicted octanol–water partition coefficient (Wildman–Crippen LogP) is 3.11. The van der Waals surface area contributed by atoms with Crippen molar-refractivity contribution in [1.82, 2.24) is 4.57 Å². The van der Waals surface area contributed by atoms with Gasteiger partial charge in [0.05, 0.1) is 12.5 Å². The van der Waals surface area contributed by atoms with E-state index in [-0.39, 0.29) is 0 Å². The highest BCUT2D eigenvalue weighted by molar-refractivity contribution is 5.82. The van der Waals surface area contributed by atoms with E-state index in [0.29, 0.717) is 6.42 Å². The van der Waals surface area contributed by atoms with Crippen LogP contribution in [0, 0.1) is 11.3 Å². The van der Waals surface area contributed by atoms with Gasteiger partial charge >= 0.3 is 0 Å². The molecule has 2 rings (SSSR count). The minimum Gasteiger partial charge on any atom is -0.351 e. The molecular weight excluding hydrogens is 184 g/mol. The monoisotopic (exact) mass is 196 g/mol. The minimum absolute atomic E-state index is 0.465. The Morgan fingerprint density at radius 2 is 2.27 bits per heavy atom. The summed E-state index contributed by atoms with van der Waals surface area (Å²) in [5.74, 6) is 0. The molecule has 2 aromatic rings. The fraction of sp³-hybridized carbons (Fsp3) is 0.154. The van der Waals surface area contributed by atoms with Crippen LogP contribution in [0.5, 0.6) is 0 Å². The van der Waals surface area contributed by atoms with Crippen molar-refractivity contribution in [1.29, 1.82) is 5.26 Å². The molecule has 0 bridgehead atoms. The van der Waals surface area contributed by atoms with Crippen molar-refractivity contribution < 1.29 is 0 Å². The molecule has 1 aromatic heterocycles. The van der Waals surface area contributed by atoms with Crippen LogP contribution < -0.4 is 0 Å². The predicted molar refractivity (Wildman–Crippen MR) is 62.2 cm³/mol. The minimum atomic E-state index is 0.465. The number of allylic oxidation sites excluding steroid dienone is 1. The number of fused-ring (bicyclic) bond motifs is 1. The van der Waals surface area contributed by atoms with Crippen LogP contribution >= 0.6 is 0 Å². The van der Waals surface area contributed by atoms with Gasteiger partial charge in [-0.05, 0) is 23.8 Å². The smallest absolute Gasteiger partial charge is 0.0663 e. The third kappa shape index (κ3) is 1.92. The van der Waals surface area contributed by atoms with Gasteiger partial charge in [0.2, 0.25) is 0 Å². The summed E-state index contributed by atoms with van der Waals surface area (Å²) in [7, 11) is 2.04. The van der Waals surface area contributed by atoms with E-state index < -0.39 is 0 Å². The number of hydrogen-bond acceptors (Lipinski definition) is 1. The standard InChI is InChI=1S/C13H12N2/c1-15-9-7-12-10-11(4-2-3-8-14)5-6-13(12)15/h2,4-7,9-10H,3H2,1H3. The molecule has 0 aliphatic carbocycles. The molecule has 0 N–H and O–H groups in total. The van der Waals surface area contributed by atoms with Crippen molar-refractivity contribution in [3.8, 4) is 6.07 Å². The molecule has 0 aliphatic rings. The molecule has 15 heavy (non-hydrogen) atoms. The maximum absolute atomic E-state index is 8.41. The first-order valence-electron chi connectivity index (χ1n) is 4.90. The Kier molecular flexibility index (Phi) is 2.55. The summed E-state index contributed by atoms with van der Waals surface area (Å²) in [4.78, 5) is 0.